The molecular formula is C7H11F3O2. The van der Waals surface area contributed by atoms with Crippen molar-refractivity contribution in [2.75, 3.05) is 6.61 Å². The van der Waals surface area contributed by atoms with Gasteiger partial charge in [-0.2, -0.15) is 13.2 Å². The monoisotopic (exact) mass is 184 g/mol. The van der Waals surface area contributed by atoms with Crippen LogP contribution in [0.25, 0.3) is 0 Å². The third kappa shape index (κ3) is 2.98. The summed E-state index contributed by atoms with van der Waals surface area (Å²) in [6.45, 7) is 0.549. The van der Waals surface area contributed by atoms with Gasteiger partial charge in [0.1, 0.15) is 0 Å². The first-order chi connectivity index (χ1) is 5.49. The van der Waals surface area contributed by atoms with E-state index < -0.39 is 18.7 Å². The normalized spacial score (nSPS) is 26.5. The topological polar surface area (TPSA) is 29.5 Å². The molecular weight excluding hydrogens is 173 g/mol. The molecule has 1 aliphatic rings. The first-order valence-corrected chi connectivity index (χ1v) is 3.85. The van der Waals surface area contributed by atoms with Gasteiger partial charge in [0.15, 0.2) is 0 Å². The minimum absolute atomic E-state index is 0.256. The third-order valence-electron chi connectivity index (χ3n) is 1.89. The molecule has 5 heteroatoms. The van der Waals surface area contributed by atoms with Gasteiger partial charge in [0.05, 0.1) is 12.2 Å². The van der Waals surface area contributed by atoms with Gasteiger partial charge in [-0.05, 0) is 12.8 Å². The summed E-state index contributed by atoms with van der Waals surface area (Å²) in [5.74, 6) is 0. The molecule has 72 valence electrons. The van der Waals surface area contributed by atoms with E-state index in [1.54, 1.807) is 0 Å². The lowest BCUT2D eigenvalue weighted by atomic mass is 10.0. The van der Waals surface area contributed by atoms with Gasteiger partial charge in [-0.1, -0.05) is 0 Å². The highest BCUT2D eigenvalue weighted by Crippen LogP contribution is 2.25. The maximum atomic E-state index is 11.6. The Balaban J connectivity index is 2.13. The van der Waals surface area contributed by atoms with E-state index in [0.717, 1.165) is 0 Å². The number of hydrogen-bond donors (Lipinski definition) is 1. The smallest absolute Gasteiger partial charge is 0.389 e. The SMILES string of the molecule is OC(CCC(F)(F)F)C1CCO1. The first-order valence-electron chi connectivity index (χ1n) is 3.85. The van der Waals surface area contributed by atoms with E-state index in [2.05, 4.69) is 0 Å². The van der Waals surface area contributed by atoms with Crippen molar-refractivity contribution in [1.82, 2.24) is 0 Å². The summed E-state index contributed by atoms with van der Waals surface area (Å²) < 4.78 is 39.8. The van der Waals surface area contributed by atoms with Crippen LogP contribution in [0.15, 0.2) is 0 Å². The molecule has 2 nitrogen and oxygen atoms in total. The van der Waals surface area contributed by atoms with Crippen LogP contribution in [-0.2, 0) is 4.74 Å². The van der Waals surface area contributed by atoms with Crippen molar-refractivity contribution in [2.24, 2.45) is 0 Å². The summed E-state index contributed by atoms with van der Waals surface area (Å²) in [7, 11) is 0. The summed E-state index contributed by atoms with van der Waals surface area (Å²) in [4.78, 5) is 0. The van der Waals surface area contributed by atoms with Crippen molar-refractivity contribution in [3.8, 4) is 0 Å². The van der Waals surface area contributed by atoms with E-state index in [9.17, 15) is 13.2 Å². The molecule has 0 aliphatic carbocycles. The van der Waals surface area contributed by atoms with Crippen LogP contribution in [0.5, 0.6) is 0 Å². The van der Waals surface area contributed by atoms with Crippen molar-refractivity contribution in [2.45, 2.75) is 37.6 Å². The number of aliphatic hydroxyl groups excluding tert-OH is 1. The van der Waals surface area contributed by atoms with Crippen LogP contribution in [0.4, 0.5) is 13.2 Å². The van der Waals surface area contributed by atoms with Crippen molar-refractivity contribution in [3.63, 3.8) is 0 Å². The van der Waals surface area contributed by atoms with Crippen LogP contribution in [0, 0.1) is 0 Å². The Morgan fingerprint density at radius 3 is 2.42 bits per heavy atom. The fraction of sp³-hybridized carbons (Fsp3) is 1.00. The highest BCUT2D eigenvalue weighted by Gasteiger charge is 2.32. The largest absolute Gasteiger partial charge is 0.390 e. The fourth-order valence-corrected chi connectivity index (χ4v) is 1.05. The van der Waals surface area contributed by atoms with Gasteiger partial charge in [-0.3, -0.25) is 0 Å². The molecule has 1 saturated heterocycles. The molecule has 0 amide bonds. The van der Waals surface area contributed by atoms with Gasteiger partial charge >= 0.3 is 6.18 Å². The molecule has 1 aliphatic heterocycles. The molecule has 2 atom stereocenters. The molecule has 2 unspecified atom stereocenters. The number of rotatable bonds is 3. The average molecular weight is 184 g/mol. The third-order valence-corrected chi connectivity index (χ3v) is 1.89. The van der Waals surface area contributed by atoms with Gasteiger partial charge in [-0.25, -0.2) is 0 Å². The van der Waals surface area contributed by atoms with Crippen LogP contribution in [-0.4, -0.2) is 30.1 Å². The molecule has 0 aromatic heterocycles. The second kappa shape index (κ2) is 3.62. The fourth-order valence-electron chi connectivity index (χ4n) is 1.05. The van der Waals surface area contributed by atoms with Crippen LogP contribution in [0.3, 0.4) is 0 Å². The Morgan fingerprint density at radius 1 is 1.50 bits per heavy atom. The quantitative estimate of drug-likeness (QED) is 0.719. The number of halogens is 3. The summed E-state index contributed by atoms with van der Waals surface area (Å²) in [5, 5.41) is 9.11. The lowest BCUT2D eigenvalue weighted by Crippen LogP contribution is -2.38. The standard InChI is InChI=1S/C7H11F3O2/c8-7(9,10)3-1-5(11)6-2-4-12-6/h5-6,11H,1-4H2. The van der Waals surface area contributed by atoms with E-state index in [0.29, 0.717) is 13.0 Å². The van der Waals surface area contributed by atoms with E-state index in [4.69, 9.17) is 9.84 Å². The lowest BCUT2D eigenvalue weighted by molar-refractivity contribution is -0.157. The Bertz CT molecular complexity index is 142. The van der Waals surface area contributed by atoms with Crippen LogP contribution >= 0.6 is 0 Å². The minimum atomic E-state index is -4.18. The highest BCUT2D eigenvalue weighted by molar-refractivity contribution is 4.76. The molecule has 1 fully saturated rings. The molecule has 0 bridgehead atoms. The van der Waals surface area contributed by atoms with Crippen LogP contribution < -0.4 is 0 Å². The molecule has 0 saturated carbocycles. The zero-order valence-electron chi connectivity index (χ0n) is 6.47. The summed E-state index contributed by atoms with van der Waals surface area (Å²) in [6.07, 6.45) is -6.03. The van der Waals surface area contributed by atoms with E-state index in [1.807, 2.05) is 0 Å². The van der Waals surface area contributed by atoms with Gasteiger partial charge in [0.25, 0.3) is 0 Å². The lowest BCUT2D eigenvalue weighted by Gasteiger charge is -2.30. The molecule has 1 heterocycles. The van der Waals surface area contributed by atoms with Gasteiger partial charge in [0, 0.05) is 13.0 Å². The summed E-state index contributed by atoms with van der Waals surface area (Å²) in [6, 6.07) is 0. The number of ether oxygens (including phenoxy) is 1. The van der Waals surface area contributed by atoms with Gasteiger partial charge < -0.3 is 9.84 Å². The number of hydrogen-bond acceptors (Lipinski definition) is 2. The predicted octanol–water partition coefficient (Wildman–Crippen LogP) is 1.48. The number of alkyl halides is 3. The Labute approximate surface area is 68.3 Å². The second-order valence-electron chi connectivity index (χ2n) is 2.92. The van der Waals surface area contributed by atoms with Crippen molar-refractivity contribution < 1.29 is 23.0 Å². The molecule has 1 rings (SSSR count). The second-order valence-corrected chi connectivity index (χ2v) is 2.92. The zero-order chi connectivity index (χ0) is 9.19. The van der Waals surface area contributed by atoms with E-state index in [1.165, 1.54) is 0 Å². The summed E-state index contributed by atoms with van der Waals surface area (Å²) >= 11 is 0. The molecule has 0 spiro atoms. The molecule has 12 heavy (non-hydrogen) atoms. The van der Waals surface area contributed by atoms with Crippen LogP contribution in [0.2, 0.25) is 0 Å². The molecule has 0 radical (unpaired) electrons. The van der Waals surface area contributed by atoms with Crippen LogP contribution in [0.1, 0.15) is 19.3 Å². The van der Waals surface area contributed by atoms with Crippen molar-refractivity contribution >= 4 is 0 Å². The van der Waals surface area contributed by atoms with Gasteiger partial charge in [-0.15, -0.1) is 0 Å². The minimum Gasteiger partial charge on any atom is -0.390 e. The van der Waals surface area contributed by atoms with Crippen molar-refractivity contribution in [3.05, 3.63) is 0 Å². The highest BCUT2D eigenvalue weighted by atomic mass is 19.4. The number of aliphatic hydroxyl groups is 1. The maximum Gasteiger partial charge on any atom is 0.389 e. The molecule has 0 aromatic rings. The Hall–Kier alpha value is -0.290. The first kappa shape index (κ1) is 9.80. The average Bonchev–Trinajstić information content (AvgIpc) is 1.78. The molecule has 1 N–H and O–H groups in total. The Morgan fingerprint density at radius 2 is 2.08 bits per heavy atom. The van der Waals surface area contributed by atoms with E-state index in [-0.39, 0.29) is 12.5 Å². The van der Waals surface area contributed by atoms with E-state index >= 15 is 0 Å². The maximum absolute atomic E-state index is 11.6. The zero-order valence-corrected chi connectivity index (χ0v) is 6.47. The molecule has 0 aromatic carbocycles. The summed E-state index contributed by atoms with van der Waals surface area (Å²) in [5.41, 5.74) is 0. The van der Waals surface area contributed by atoms with Gasteiger partial charge in [0.2, 0.25) is 0 Å². The Kier molecular flexibility index (Phi) is 2.95. The predicted molar refractivity (Wildman–Crippen MR) is 35.7 cm³/mol. The van der Waals surface area contributed by atoms with Crippen molar-refractivity contribution in [1.29, 1.82) is 0 Å².